The molecule has 1 amide bonds. The molecule has 0 aliphatic heterocycles. The quantitative estimate of drug-likeness (QED) is 0.538. The SMILES string of the molecule is Cc1ccc(-c2csc(NC(=O)C(C)Oc3ccc(Cl)cc3Cl)n2)c(C)c1. The number of nitrogens with one attached hydrogen (secondary N) is 1. The highest BCUT2D eigenvalue weighted by Crippen LogP contribution is 2.30. The average molecular weight is 421 g/mol. The van der Waals surface area contributed by atoms with E-state index >= 15 is 0 Å². The lowest BCUT2D eigenvalue weighted by Gasteiger charge is -2.14. The number of hydrogen-bond acceptors (Lipinski definition) is 4. The van der Waals surface area contributed by atoms with Crippen LogP contribution < -0.4 is 10.1 Å². The summed E-state index contributed by atoms with van der Waals surface area (Å²) in [5, 5.41) is 6.10. The summed E-state index contributed by atoms with van der Waals surface area (Å²) in [7, 11) is 0. The second kappa shape index (κ2) is 8.30. The molecule has 1 N–H and O–H groups in total. The van der Waals surface area contributed by atoms with Crippen molar-refractivity contribution in [2.45, 2.75) is 26.9 Å². The van der Waals surface area contributed by atoms with E-state index in [1.165, 1.54) is 16.9 Å². The van der Waals surface area contributed by atoms with Gasteiger partial charge in [0.15, 0.2) is 11.2 Å². The molecule has 0 aliphatic rings. The zero-order chi connectivity index (χ0) is 19.6. The predicted molar refractivity (Wildman–Crippen MR) is 112 cm³/mol. The van der Waals surface area contributed by atoms with Crippen LogP contribution in [-0.2, 0) is 4.79 Å². The van der Waals surface area contributed by atoms with Crippen molar-refractivity contribution in [2.24, 2.45) is 0 Å². The van der Waals surface area contributed by atoms with Crippen molar-refractivity contribution in [1.82, 2.24) is 4.98 Å². The fourth-order valence-electron chi connectivity index (χ4n) is 2.58. The molecule has 2 aromatic carbocycles. The molecule has 140 valence electrons. The lowest BCUT2D eigenvalue weighted by atomic mass is 10.0. The molecule has 0 bridgehead atoms. The molecular weight excluding hydrogens is 403 g/mol. The topological polar surface area (TPSA) is 51.2 Å². The van der Waals surface area contributed by atoms with Crippen LogP contribution in [0.4, 0.5) is 5.13 Å². The van der Waals surface area contributed by atoms with E-state index in [9.17, 15) is 4.79 Å². The third-order valence-corrected chi connectivity index (χ3v) is 5.25. The molecule has 1 heterocycles. The highest BCUT2D eigenvalue weighted by atomic mass is 35.5. The molecule has 0 fully saturated rings. The van der Waals surface area contributed by atoms with Crippen LogP contribution in [-0.4, -0.2) is 17.0 Å². The van der Waals surface area contributed by atoms with E-state index < -0.39 is 6.10 Å². The van der Waals surface area contributed by atoms with Gasteiger partial charge in [-0.2, -0.15) is 0 Å². The molecular formula is C20H18Cl2N2O2S. The van der Waals surface area contributed by atoms with Crippen LogP contribution in [0, 0.1) is 13.8 Å². The summed E-state index contributed by atoms with van der Waals surface area (Å²) >= 11 is 13.3. The number of aryl methyl sites for hydroxylation is 2. The summed E-state index contributed by atoms with van der Waals surface area (Å²) in [5.41, 5.74) is 4.23. The van der Waals surface area contributed by atoms with E-state index in [4.69, 9.17) is 27.9 Å². The van der Waals surface area contributed by atoms with Crippen molar-refractivity contribution in [3.05, 3.63) is 63.0 Å². The van der Waals surface area contributed by atoms with Crippen LogP contribution in [0.5, 0.6) is 5.75 Å². The van der Waals surface area contributed by atoms with E-state index in [1.54, 1.807) is 25.1 Å². The first kappa shape index (κ1) is 19.7. The van der Waals surface area contributed by atoms with Crippen molar-refractivity contribution in [1.29, 1.82) is 0 Å². The first-order chi connectivity index (χ1) is 12.8. The Hall–Kier alpha value is -2.08. The number of benzene rings is 2. The largest absolute Gasteiger partial charge is 0.479 e. The van der Waals surface area contributed by atoms with Gasteiger partial charge in [0.25, 0.3) is 5.91 Å². The van der Waals surface area contributed by atoms with Crippen molar-refractivity contribution < 1.29 is 9.53 Å². The normalized spacial score (nSPS) is 11.9. The number of carbonyl (C=O) groups excluding carboxylic acids is 1. The second-order valence-corrected chi connectivity index (χ2v) is 7.88. The maximum absolute atomic E-state index is 12.4. The van der Waals surface area contributed by atoms with Crippen molar-refractivity contribution in [2.75, 3.05) is 5.32 Å². The van der Waals surface area contributed by atoms with Gasteiger partial charge >= 0.3 is 0 Å². The zero-order valence-corrected chi connectivity index (χ0v) is 17.4. The molecule has 0 radical (unpaired) electrons. The number of thiazole rings is 1. The smallest absolute Gasteiger partial charge is 0.266 e. The monoisotopic (exact) mass is 420 g/mol. The third-order valence-electron chi connectivity index (χ3n) is 3.96. The Bertz CT molecular complexity index is 988. The van der Waals surface area contributed by atoms with Gasteiger partial charge < -0.3 is 4.74 Å². The molecule has 0 spiro atoms. The van der Waals surface area contributed by atoms with Crippen LogP contribution in [0.25, 0.3) is 11.3 Å². The molecule has 0 aliphatic carbocycles. The fraction of sp³-hybridized carbons (Fsp3) is 0.200. The highest BCUT2D eigenvalue weighted by Gasteiger charge is 2.18. The van der Waals surface area contributed by atoms with Crippen molar-refractivity contribution in [3.8, 4) is 17.0 Å². The molecule has 1 aromatic heterocycles. The van der Waals surface area contributed by atoms with Gasteiger partial charge in [-0.25, -0.2) is 4.98 Å². The number of amides is 1. The summed E-state index contributed by atoms with van der Waals surface area (Å²) in [6, 6.07) is 11.1. The minimum absolute atomic E-state index is 0.303. The average Bonchev–Trinajstić information content (AvgIpc) is 3.05. The number of ether oxygens (including phenoxy) is 1. The Balaban J connectivity index is 1.68. The van der Waals surface area contributed by atoms with E-state index in [0.29, 0.717) is 20.9 Å². The summed E-state index contributed by atoms with van der Waals surface area (Å²) in [6.07, 6.45) is -0.739. The number of aromatic nitrogens is 1. The van der Waals surface area contributed by atoms with Crippen LogP contribution >= 0.6 is 34.5 Å². The van der Waals surface area contributed by atoms with Crippen molar-refractivity contribution >= 4 is 45.6 Å². The highest BCUT2D eigenvalue weighted by molar-refractivity contribution is 7.14. The summed E-state index contributed by atoms with van der Waals surface area (Å²) < 4.78 is 5.63. The minimum atomic E-state index is -0.739. The Morgan fingerprint density at radius 1 is 1.19 bits per heavy atom. The van der Waals surface area contributed by atoms with Crippen LogP contribution in [0.1, 0.15) is 18.1 Å². The second-order valence-electron chi connectivity index (χ2n) is 6.18. The van der Waals surface area contributed by atoms with Crippen LogP contribution in [0.2, 0.25) is 10.0 Å². The van der Waals surface area contributed by atoms with Gasteiger partial charge in [0.2, 0.25) is 0 Å². The van der Waals surface area contributed by atoms with Crippen LogP contribution in [0.3, 0.4) is 0 Å². The van der Waals surface area contributed by atoms with E-state index in [2.05, 4.69) is 23.3 Å². The Kier molecular flexibility index (Phi) is 6.05. The van der Waals surface area contributed by atoms with Crippen molar-refractivity contribution in [3.63, 3.8) is 0 Å². The van der Waals surface area contributed by atoms with Gasteiger partial charge in [-0.15, -0.1) is 11.3 Å². The first-order valence-electron chi connectivity index (χ1n) is 8.29. The summed E-state index contributed by atoms with van der Waals surface area (Å²) in [6.45, 7) is 5.75. The van der Waals surface area contributed by atoms with Gasteiger partial charge in [-0.05, 0) is 44.5 Å². The van der Waals surface area contributed by atoms with E-state index in [-0.39, 0.29) is 5.91 Å². The minimum Gasteiger partial charge on any atom is -0.479 e. The van der Waals surface area contributed by atoms with E-state index in [1.807, 2.05) is 24.4 Å². The molecule has 7 heteroatoms. The zero-order valence-electron chi connectivity index (χ0n) is 15.0. The first-order valence-corrected chi connectivity index (χ1v) is 9.93. The number of carbonyl (C=O) groups is 1. The molecule has 27 heavy (non-hydrogen) atoms. The maximum atomic E-state index is 12.4. The number of hydrogen-bond donors (Lipinski definition) is 1. The predicted octanol–water partition coefficient (Wildman–Crippen LogP) is 6.14. The van der Waals surface area contributed by atoms with E-state index in [0.717, 1.165) is 16.8 Å². The number of halogens is 2. The van der Waals surface area contributed by atoms with Gasteiger partial charge in [-0.3, -0.25) is 10.1 Å². The summed E-state index contributed by atoms with van der Waals surface area (Å²) in [5.74, 6) is 0.0985. The number of anilines is 1. The standard InChI is InChI=1S/C20H18Cl2N2O2S/c1-11-4-6-15(12(2)8-11)17-10-27-20(23-17)24-19(25)13(3)26-18-7-5-14(21)9-16(18)22/h4-10,13H,1-3H3,(H,23,24,25). The molecule has 1 unspecified atom stereocenters. The lowest BCUT2D eigenvalue weighted by Crippen LogP contribution is -2.30. The Labute approximate surface area is 172 Å². The lowest BCUT2D eigenvalue weighted by molar-refractivity contribution is -0.122. The van der Waals surface area contributed by atoms with Gasteiger partial charge in [-0.1, -0.05) is 47.0 Å². The maximum Gasteiger partial charge on any atom is 0.266 e. The molecule has 0 saturated heterocycles. The number of rotatable bonds is 5. The Morgan fingerprint density at radius 2 is 1.96 bits per heavy atom. The molecule has 4 nitrogen and oxygen atoms in total. The van der Waals surface area contributed by atoms with Crippen LogP contribution in [0.15, 0.2) is 41.8 Å². The Morgan fingerprint density at radius 3 is 2.67 bits per heavy atom. The van der Waals surface area contributed by atoms with Gasteiger partial charge in [0.05, 0.1) is 10.7 Å². The molecule has 3 rings (SSSR count). The van der Waals surface area contributed by atoms with Gasteiger partial charge in [0.1, 0.15) is 5.75 Å². The van der Waals surface area contributed by atoms with Gasteiger partial charge in [0, 0.05) is 16.0 Å². The molecule has 0 saturated carbocycles. The molecule has 1 atom stereocenters. The third kappa shape index (κ3) is 4.80. The molecule has 3 aromatic rings. The summed E-state index contributed by atoms with van der Waals surface area (Å²) in [4.78, 5) is 16.9. The fourth-order valence-corrected chi connectivity index (χ4v) is 3.74. The number of nitrogens with zero attached hydrogens (tertiary/aromatic N) is 1.